The molecule has 0 spiro atoms. The number of hydrogen-bond acceptors (Lipinski definition) is 0. The fourth-order valence-corrected chi connectivity index (χ4v) is 5.50. The smallest absolute Gasteiger partial charge is 0.0399 e. The van der Waals surface area contributed by atoms with Gasteiger partial charge in [-0.05, 0) is 75.8 Å². The molecular formula is C29H34. The Morgan fingerprint density at radius 3 is 2.03 bits per heavy atom. The number of hydrogen-bond donors (Lipinski definition) is 0. The van der Waals surface area contributed by atoms with E-state index >= 15 is 0 Å². The third-order valence-electron chi connectivity index (χ3n) is 6.88. The average Bonchev–Trinajstić information content (AvgIpc) is 2.94. The van der Waals surface area contributed by atoms with Crippen LogP contribution in [0.25, 0.3) is 11.6 Å². The van der Waals surface area contributed by atoms with E-state index in [4.69, 9.17) is 0 Å². The Bertz CT molecular complexity index is 1060. The molecule has 0 bridgehead atoms. The van der Waals surface area contributed by atoms with Crippen LogP contribution in [0.15, 0.2) is 65.8 Å². The quantitative estimate of drug-likeness (QED) is 0.468. The molecule has 0 aromatic heterocycles. The number of benzene rings is 2. The van der Waals surface area contributed by atoms with Crippen LogP contribution in [0.2, 0.25) is 0 Å². The van der Waals surface area contributed by atoms with Gasteiger partial charge in [-0.1, -0.05) is 95.7 Å². The van der Waals surface area contributed by atoms with Crippen molar-refractivity contribution >= 4 is 11.6 Å². The first-order chi connectivity index (χ1) is 13.4. The zero-order valence-corrected chi connectivity index (χ0v) is 19.3. The lowest BCUT2D eigenvalue weighted by atomic mass is 9.56. The number of fused-ring (bicyclic) bond motifs is 3. The fourth-order valence-electron chi connectivity index (χ4n) is 5.50. The molecule has 0 amide bonds. The summed E-state index contributed by atoms with van der Waals surface area (Å²) < 4.78 is 0. The summed E-state index contributed by atoms with van der Waals surface area (Å²) in [5.41, 5.74) is 11.2. The van der Waals surface area contributed by atoms with Crippen LogP contribution in [0.3, 0.4) is 0 Å². The molecule has 1 unspecified atom stereocenters. The van der Waals surface area contributed by atoms with Gasteiger partial charge < -0.3 is 0 Å². The summed E-state index contributed by atoms with van der Waals surface area (Å²) in [7, 11) is 0. The lowest BCUT2D eigenvalue weighted by molar-refractivity contribution is 0.276. The molecule has 4 rings (SSSR count). The summed E-state index contributed by atoms with van der Waals surface area (Å²) in [5.74, 6) is 0. The molecule has 150 valence electrons. The monoisotopic (exact) mass is 382 g/mol. The van der Waals surface area contributed by atoms with Crippen LogP contribution < -0.4 is 0 Å². The molecule has 0 aliphatic heterocycles. The normalized spacial score (nSPS) is 21.2. The molecule has 0 heteroatoms. The van der Waals surface area contributed by atoms with Gasteiger partial charge in [0.15, 0.2) is 0 Å². The van der Waals surface area contributed by atoms with Gasteiger partial charge in [0.1, 0.15) is 0 Å². The minimum atomic E-state index is -0.116. The molecule has 0 fully saturated rings. The molecule has 0 nitrogen and oxygen atoms in total. The molecule has 2 aromatic rings. The van der Waals surface area contributed by atoms with Crippen molar-refractivity contribution in [2.45, 2.75) is 66.2 Å². The molecular weight excluding hydrogens is 348 g/mol. The molecule has 0 radical (unpaired) electrons. The van der Waals surface area contributed by atoms with Crippen LogP contribution in [0.5, 0.6) is 0 Å². The van der Waals surface area contributed by atoms with Crippen LogP contribution in [-0.4, -0.2) is 0 Å². The summed E-state index contributed by atoms with van der Waals surface area (Å²) in [4.78, 5) is 0. The molecule has 0 saturated carbocycles. The third kappa shape index (κ3) is 2.96. The maximum atomic E-state index is 2.57. The van der Waals surface area contributed by atoms with Crippen molar-refractivity contribution in [1.29, 1.82) is 0 Å². The second-order valence-corrected chi connectivity index (χ2v) is 10.9. The van der Waals surface area contributed by atoms with Crippen molar-refractivity contribution in [3.8, 4) is 0 Å². The minimum absolute atomic E-state index is 0.0633. The van der Waals surface area contributed by atoms with Crippen LogP contribution in [0, 0.1) is 12.3 Å². The predicted molar refractivity (Wildman–Crippen MR) is 127 cm³/mol. The van der Waals surface area contributed by atoms with Gasteiger partial charge in [0.2, 0.25) is 0 Å². The van der Waals surface area contributed by atoms with Crippen LogP contribution >= 0.6 is 0 Å². The Morgan fingerprint density at radius 2 is 1.45 bits per heavy atom. The highest BCUT2D eigenvalue weighted by Crippen LogP contribution is 2.55. The SMILES string of the molecule is CC1=CC2=Cc3cc(C)c(C(C)(C)C)cc3C2=CC1(c1ccccc1)C(C)(C)C. The van der Waals surface area contributed by atoms with Crippen LogP contribution in [-0.2, 0) is 10.8 Å². The summed E-state index contributed by atoms with van der Waals surface area (Å²) in [6.45, 7) is 18.6. The Morgan fingerprint density at radius 1 is 0.793 bits per heavy atom. The van der Waals surface area contributed by atoms with Crippen LogP contribution in [0.4, 0.5) is 0 Å². The first-order valence-electron chi connectivity index (χ1n) is 10.8. The van der Waals surface area contributed by atoms with E-state index in [9.17, 15) is 0 Å². The second-order valence-electron chi connectivity index (χ2n) is 10.9. The second kappa shape index (κ2) is 6.33. The summed E-state index contributed by atoms with van der Waals surface area (Å²) in [6, 6.07) is 15.9. The first kappa shape index (κ1) is 20.0. The van der Waals surface area contributed by atoms with Gasteiger partial charge in [-0.25, -0.2) is 0 Å². The molecule has 2 aliphatic rings. The van der Waals surface area contributed by atoms with Crippen molar-refractivity contribution in [3.63, 3.8) is 0 Å². The van der Waals surface area contributed by atoms with E-state index in [1.54, 1.807) is 0 Å². The van der Waals surface area contributed by atoms with Crippen molar-refractivity contribution < 1.29 is 0 Å². The topological polar surface area (TPSA) is 0 Å². The minimum Gasteiger partial charge on any atom is -0.0622 e. The van der Waals surface area contributed by atoms with Crippen molar-refractivity contribution in [3.05, 3.63) is 93.6 Å². The van der Waals surface area contributed by atoms with Crippen molar-refractivity contribution in [2.24, 2.45) is 5.41 Å². The summed E-state index contributed by atoms with van der Waals surface area (Å²) in [6.07, 6.45) is 7.37. The van der Waals surface area contributed by atoms with Gasteiger partial charge in [-0.15, -0.1) is 0 Å². The maximum Gasteiger partial charge on any atom is 0.0399 e. The Balaban J connectivity index is 2.00. The first-order valence-corrected chi connectivity index (χ1v) is 10.8. The predicted octanol–water partition coefficient (Wildman–Crippen LogP) is 8.02. The van der Waals surface area contributed by atoms with E-state index < -0.39 is 0 Å². The van der Waals surface area contributed by atoms with Crippen molar-refractivity contribution in [2.75, 3.05) is 0 Å². The average molecular weight is 383 g/mol. The Labute approximate surface area is 177 Å². The molecule has 1 atom stereocenters. The summed E-state index contributed by atoms with van der Waals surface area (Å²) >= 11 is 0. The highest BCUT2D eigenvalue weighted by atomic mass is 14.5. The third-order valence-corrected chi connectivity index (χ3v) is 6.88. The van der Waals surface area contributed by atoms with E-state index in [0.29, 0.717) is 0 Å². The van der Waals surface area contributed by atoms with Crippen LogP contribution in [0.1, 0.15) is 76.3 Å². The zero-order valence-electron chi connectivity index (χ0n) is 19.3. The molecule has 2 aromatic carbocycles. The van der Waals surface area contributed by atoms with Gasteiger partial charge >= 0.3 is 0 Å². The molecule has 2 aliphatic carbocycles. The van der Waals surface area contributed by atoms with E-state index in [0.717, 1.165) is 0 Å². The van der Waals surface area contributed by atoms with Gasteiger partial charge in [-0.2, -0.15) is 0 Å². The number of aryl methyl sites for hydroxylation is 1. The Hall–Kier alpha value is -2.34. The zero-order chi connectivity index (χ0) is 21.2. The van der Waals surface area contributed by atoms with Crippen molar-refractivity contribution in [1.82, 2.24) is 0 Å². The van der Waals surface area contributed by atoms with Gasteiger partial charge in [-0.3, -0.25) is 0 Å². The Kier molecular flexibility index (Phi) is 4.35. The lowest BCUT2D eigenvalue weighted by Crippen LogP contribution is -2.41. The number of rotatable bonds is 1. The highest BCUT2D eigenvalue weighted by Gasteiger charge is 2.46. The lowest BCUT2D eigenvalue weighted by Gasteiger charge is -2.47. The van der Waals surface area contributed by atoms with E-state index in [2.05, 4.69) is 116 Å². The molecule has 0 saturated heterocycles. The summed E-state index contributed by atoms with van der Waals surface area (Å²) in [5, 5.41) is 0. The molecule has 0 heterocycles. The van der Waals surface area contributed by atoms with E-state index in [1.165, 1.54) is 44.5 Å². The highest BCUT2D eigenvalue weighted by molar-refractivity contribution is 5.99. The fraction of sp³-hybridized carbons (Fsp3) is 0.379. The van der Waals surface area contributed by atoms with Gasteiger partial charge in [0.25, 0.3) is 0 Å². The van der Waals surface area contributed by atoms with Gasteiger partial charge in [0.05, 0.1) is 0 Å². The van der Waals surface area contributed by atoms with E-state index in [-0.39, 0.29) is 16.2 Å². The van der Waals surface area contributed by atoms with E-state index in [1.807, 2.05) is 0 Å². The molecule has 29 heavy (non-hydrogen) atoms. The standard InChI is InChI=1S/C29H34/c1-19-14-21-16-22-15-20(2)29(28(6,7)8,23-12-10-9-11-13-23)18-25(22)24(21)17-26(19)27(3,4)5/h9-18H,1-8H3. The van der Waals surface area contributed by atoms with Gasteiger partial charge in [0, 0.05) is 5.41 Å². The number of allylic oxidation sites excluding steroid dienone is 5. The maximum absolute atomic E-state index is 2.57. The molecule has 0 N–H and O–H groups in total. The largest absolute Gasteiger partial charge is 0.0622 e.